The van der Waals surface area contributed by atoms with Crippen LogP contribution in [-0.4, -0.2) is 17.2 Å². The summed E-state index contributed by atoms with van der Waals surface area (Å²) in [7, 11) is 0. The van der Waals surface area contributed by atoms with Gasteiger partial charge < -0.3 is 10.6 Å². The van der Waals surface area contributed by atoms with Crippen LogP contribution in [0.5, 0.6) is 0 Å². The smallest absolute Gasteiger partial charge is 0.166 e. The summed E-state index contributed by atoms with van der Waals surface area (Å²) in [5, 5.41) is 7.44. The predicted octanol–water partition coefficient (Wildman–Crippen LogP) is 2.19. The van der Waals surface area contributed by atoms with E-state index in [9.17, 15) is 0 Å². The van der Waals surface area contributed by atoms with Crippen LogP contribution in [0.3, 0.4) is 0 Å². The minimum atomic E-state index is 0.262. The molecule has 1 aliphatic rings. The van der Waals surface area contributed by atoms with Crippen molar-refractivity contribution in [1.29, 1.82) is 0 Å². The molecule has 1 rings (SSSR count). The third kappa shape index (κ3) is 3.51. The maximum absolute atomic E-state index is 5.21. The van der Waals surface area contributed by atoms with Crippen molar-refractivity contribution < 1.29 is 0 Å². The molecule has 13 heavy (non-hydrogen) atoms. The quantitative estimate of drug-likeness (QED) is 0.683. The van der Waals surface area contributed by atoms with Gasteiger partial charge in [0.05, 0.1) is 0 Å². The van der Waals surface area contributed by atoms with Gasteiger partial charge in [0, 0.05) is 12.1 Å². The normalized spacial score (nSPS) is 19.8. The summed E-state index contributed by atoms with van der Waals surface area (Å²) in [6, 6.07) is 0. The van der Waals surface area contributed by atoms with Crippen LogP contribution in [0, 0.1) is 0 Å². The summed E-state index contributed by atoms with van der Waals surface area (Å²) in [4.78, 5) is 0. The SMILES string of the molecule is CCCNC(=S)NC1(C)CCCC1. The first kappa shape index (κ1) is 10.8. The van der Waals surface area contributed by atoms with Gasteiger partial charge in [-0.25, -0.2) is 0 Å². The van der Waals surface area contributed by atoms with Crippen LogP contribution in [0.15, 0.2) is 0 Å². The van der Waals surface area contributed by atoms with Gasteiger partial charge in [0.2, 0.25) is 0 Å². The fourth-order valence-electron chi connectivity index (χ4n) is 1.84. The molecule has 0 amide bonds. The van der Waals surface area contributed by atoms with Crippen molar-refractivity contribution in [2.24, 2.45) is 0 Å². The first-order chi connectivity index (χ1) is 6.16. The Morgan fingerprint density at radius 2 is 2.00 bits per heavy atom. The van der Waals surface area contributed by atoms with Crippen molar-refractivity contribution in [1.82, 2.24) is 10.6 Å². The van der Waals surface area contributed by atoms with Crippen LogP contribution in [-0.2, 0) is 0 Å². The van der Waals surface area contributed by atoms with Crippen LogP contribution in [0.4, 0.5) is 0 Å². The van der Waals surface area contributed by atoms with Gasteiger partial charge in [-0.05, 0) is 38.4 Å². The highest BCUT2D eigenvalue weighted by atomic mass is 32.1. The summed E-state index contributed by atoms with van der Waals surface area (Å²) < 4.78 is 0. The van der Waals surface area contributed by atoms with Gasteiger partial charge in [0.1, 0.15) is 0 Å². The zero-order valence-corrected chi connectivity index (χ0v) is 9.47. The molecule has 2 N–H and O–H groups in total. The second-order valence-electron chi connectivity index (χ2n) is 4.15. The lowest BCUT2D eigenvalue weighted by atomic mass is 10.0. The van der Waals surface area contributed by atoms with Crippen LogP contribution in [0.25, 0.3) is 0 Å². The molecule has 3 heteroatoms. The molecule has 0 heterocycles. The van der Waals surface area contributed by atoms with E-state index in [1.54, 1.807) is 0 Å². The van der Waals surface area contributed by atoms with Crippen molar-refractivity contribution in [2.75, 3.05) is 6.54 Å². The Balaban J connectivity index is 2.26. The Morgan fingerprint density at radius 1 is 1.38 bits per heavy atom. The minimum Gasteiger partial charge on any atom is -0.363 e. The van der Waals surface area contributed by atoms with E-state index in [2.05, 4.69) is 24.5 Å². The lowest BCUT2D eigenvalue weighted by Crippen LogP contribution is -2.48. The van der Waals surface area contributed by atoms with Gasteiger partial charge in [0.25, 0.3) is 0 Å². The molecular weight excluding hydrogens is 180 g/mol. The Morgan fingerprint density at radius 3 is 2.54 bits per heavy atom. The summed E-state index contributed by atoms with van der Waals surface area (Å²) in [6.07, 6.45) is 6.29. The van der Waals surface area contributed by atoms with Crippen molar-refractivity contribution >= 4 is 17.3 Å². The highest BCUT2D eigenvalue weighted by Crippen LogP contribution is 2.28. The second-order valence-corrected chi connectivity index (χ2v) is 4.56. The average molecular weight is 200 g/mol. The van der Waals surface area contributed by atoms with Crippen molar-refractivity contribution in [3.05, 3.63) is 0 Å². The van der Waals surface area contributed by atoms with E-state index in [0.717, 1.165) is 18.1 Å². The topological polar surface area (TPSA) is 24.1 Å². The molecule has 1 saturated carbocycles. The maximum atomic E-state index is 5.21. The molecular formula is C10H20N2S. The molecule has 0 saturated heterocycles. The highest BCUT2D eigenvalue weighted by Gasteiger charge is 2.28. The molecule has 76 valence electrons. The van der Waals surface area contributed by atoms with Crippen LogP contribution < -0.4 is 10.6 Å². The molecule has 0 aromatic rings. The average Bonchev–Trinajstić information content (AvgIpc) is 2.48. The standard InChI is InChI=1S/C10H20N2S/c1-3-8-11-9(13)12-10(2)6-4-5-7-10/h3-8H2,1-2H3,(H2,11,12,13). The summed E-state index contributed by atoms with van der Waals surface area (Å²) in [5.74, 6) is 0. The van der Waals surface area contributed by atoms with Crippen molar-refractivity contribution in [3.63, 3.8) is 0 Å². The molecule has 0 radical (unpaired) electrons. The van der Waals surface area contributed by atoms with E-state index in [4.69, 9.17) is 12.2 Å². The summed E-state index contributed by atoms with van der Waals surface area (Å²) in [6.45, 7) is 5.38. The molecule has 0 spiro atoms. The van der Waals surface area contributed by atoms with E-state index < -0.39 is 0 Å². The number of rotatable bonds is 3. The number of nitrogens with one attached hydrogen (secondary N) is 2. The van der Waals surface area contributed by atoms with Gasteiger partial charge in [-0.1, -0.05) is 19.8 Å². The van der Waals surface area contributed by atoms with Crippen molar-refractivity contribution in [3.8, 4) is 0 Å². The largest absolute Gasteiger partial charge is 0.363 e. The third-order valence-electron chi connectivity index (χ3n) is 2.66. The van der Waals surface area contributed by atoms with E-state index in [0.29, 0.717) is 0 Å². The van der Waals surface area contributed by atoms with Crippen LogP contribution in [0.1, 0.15) is 46.0 Å². The van der Waals surface area contributed by atoms with Gasteiger partial charge >= 0.3 is 0 Å². The van der Waals surface area contributed by atoms with Gasteiger partial charge in [0.15, 0.2) is 5.11 Å². The zero-order chi connectivity index (χ0) is 9.73. The van der Waals surface area contributed by atoms with Crippen LogP contribution in [0.2, 0.25) is 0 Å². The van der Waals surface area contributed by atoms with Gasteiger partial charge in [-0.15, -0.1) is 0 Å². The fourth-order valence-corrected chi connectivity index (χ4v) is 2.19. The number of hydrogen-bond donors (Lipinski definition) is 2. The monoisotopic (exact) mass is 200 g/mol. The molecule has 0 atom stereocenters. The van der Waals surface area contributed by atoms with Crippen LogP contribution >= 0.6 is 12.2 Å². The van der Waals surface area contributed by atoms with Crippen molar-refractivity contribution in [2.45, 2.75) is 51.5 Å². The predicted molar refractivity (Wildman–Crippen MR) is 60.9 cm³/mol. The molecule has 0 bridgehead atoms. The molecule has 2 nitrogen and oxygen atoms in total. The Bertz CT molecular complexity index is 174. The molecule has 0 unspecified atom stereocenters. The molecule has 1 fully saturated rings. The number of hydrogen-bond acceptors (Lipinski definition) is 1. The van der Waals surface area contributed by atoms with Gasteiger partial charge in [-0.3, -0.25) is 0 Å². The lowest BCUT2D eigenvalue weighted by Gasteiger charge is -2.27. The number of thiocarbonyl (C=S) groups is 1. The first-order valence-corrected chi connectivity index (χ1v) is 5.63. The summed E-state index contributed by atoms with van der Waals surface area (Å²) in [5.41, 5.74) is 0.262. The maximum Gasteiger partial charge on any atom is 0.166 e. The fraction of sp³-hybridized carbons (Fsp3) is 0.900. The van der Waals surface area contributed by atoms with E-state index in [1.807, 2.05) is 0 Å². The van der Waals surface area contributed by atoms with Gasteiger partial charge in [-0.2, -0.15) is 0 Å². The van der Waals surface area contributed by atoms with E-state index in [-0.39, 0.29) is 5.54 Å². The highest BCUT2D eigenvalue weighted by molar-refractivity contribution is 7.80. The zero-order valence-electron chi connectivity index (χ0n) is 8.65. The minimum absolute atomic E-state index is 0.262. The Hall–Kier alpha value is -0.310. The lowest BCUT2D eigenvalue weighted by molar-refractivity contribution is 0.429. The molecule has 0 aliphatic heterocycles. The van der Waals surface area contributed by atoms with E-state index in [1.165, 1.54) is 25.7 Å². The molecule has 0 aromatic carbocycles. The summed E-state index contributed by atoms with van der Waals surface area (Å²) >= 11 is 5.21. The second kappa shape index (κ2) is 4.80. The molecule has 1 aliphatic carbocycles. The Labute approximate surface area is 86.5 Å². The Kier molecular flexibility index (Phi) is 3.97. The third-order valence-corrected chi connectivity index (χ3v) is 2.90. The van der Waals surface area contributed by atoms with E-state index >= 15 is 0 Å². The molecule has 0 aromatic heterocycles. The first-order valence-electron chi connectivity index (χ1n) is 5.22.